The third kappa shape index (κ3) is 1.10. The lowest BCUT2D eigenvalue weighted by atomic mass is 10.3. The van der Waals surface area contributed by atoms with Gasteiger partial charge in [0.05, 0.1) is 18.9 Å². The Morgan fingerprint density at radius 1 is 1.50 bits per heavy atom. The van der Waals surface area contributed by atoms with E-state index >= 15 is 0 Å². The van der Waals surface area contributed by atoms with Crippen LogP contribution in [0.3, 0.4) is 0 Å². The highest BCUT2D eigenvalue weighted by Gasteiger charge is 2.49. The molecule has 1 saturated carbocycles. The van der Waals surface area contributed by atoms with Crippen molar-refractivity contribution in [2.75, 3.05) is 7.11 Å². The first-order chi connectivity index (χ1) is 4.66. The molecule has 0 radical (unpaired) electrons. The zero-order valence-electron chi connectivity index (χ0n) is 5.53. The maximum Gasteiger partial charge on any atom is 0.309 e. The predicted molar refractivity (Wildman–Crippen MR) is 31.2 cm³/mol. The lowest BCUT2D eigenvalue weighted by Gasteiger charge is -1.92. The van der Waals surface area contributed by atoms with Crippen molar-refractivity contribution in [2.45, 2.75) is 6.42 Å². The van der Waals surface area contributed by atoms with Gasteiger partial charge in [-0.05, 0) is 6.42 Å². The van der Waals surface area contributed by atoms with E-state index < -0.39 is 17.9 Å². The zero-order valence-corrected chi connectivity index (χ0v) is 5.53. The van der Waals surface area contributed by atoms with Crippen molar-refractivity contribution in [2.24, 2.45) is 11.8 Å². The molecule has 1 rings (SSSR count). The van der Waals surface area contributed by atoms with Crippen LogP contribution in [0.5, 0.6) is 0 Å². The highest BCUT2D eigenvalue weighted by Crippen LogP contribution is 2.39. The van der Waals surface area contributed by atoms with Crippen LogP contribution < -0.4 is 0 Å². The van der Waals surface area contributed by atoms with Crippen LogP contribution in [0.4, 0.5) is 0 Å². The van der Waals surface area contributed by atoms with Gasteiger partial charge in [-0.1, -0.05) is 0 Å². The first kappa shape index (κ1) is 7.05. The summed E-state index contributed by atoms with van der Waals surface area (Å²) in [7, 11) is 1.26. The third-order valence-corrected chi connectivity index (χ3v) is 1.61. The number of hydrogen-bond donors (Lipinski definition) is 1. The molecular weight excluding hydrogens is 136 g/mol. The number of carbonyl (C=O) groups is 2. The number of ether oxygens (including phenoxy) is 1. The van der Waals surface area contributed by atoms with Crippen LogP contribution in [0.15, 0.2) is 0 Å². The van der Waals surface area contributed by atoms with Gasteiger partial charge in [0.1, 0.15) is 0 Å². The normalized spacial score (nSPS) is 29.3. The van der Waals surface area contributed by atoms with Crippen molar-refractivity contribution in [1.82, 2.24) is 0 Å². The van der Waals surface area contributed by atoms with Crippen molar-refractivity contribution < 1.29 is 19.4 Å². The molecule has 0 spiro atoms. The summed E-state index contributed by atoms with van der Waals surface area (Å²) in [5, 5.41) is 8.36. The number of carboxylic acid groups (broad SMARTS) is 1. The molecule has 10 heavy (non-hydrogen) atoms. The lowest BCUT2D eigenvalue weighted by molar-refractivity contribution is -0.146. The molecule has 56 valence electrons. The minimum Gasteiger partial charge on any atom is -0.481 e. The van der Waals surface area contributed by atoms with Gasteiger partial charge in [-0.3, -0.25) is 9.59 Å². The van der Waals surface area contributed by atoms with E-state index in [1.54, 1.807) is 0 Å². The average Bonchev–Trinajstić information content (AvgIpc) is 2.64. The van der Waals surface area contributed by atoms with Crippen molar-refractivity contribution >= 4 is 11.9 Å². The molecule has 1 fully saturated rings. The van der Waals surface area contributed by atoms with Crippen molar-refractivity contribution in [1.29, 1.82) is 0 Å². The van der Waals surface area contributed by atoms with Gasteiger partial charge in [-0.2, -0.15) is 0 Å². The number of rotatable bonds is 2. The Labute approximate surface area is 57.8 Å². The Balaban J connectivity index is 2.38. The summed E-state index contributed by atoms with van der Waals surface area (Å²) >= 11 is 0. The van der Waals surface area contributed by atoms with Gasteiger partial charge in [0.2, 0.25) is 0 Å². The van der Waals surface area contributed by atoms with E-state index in [4.69, 9.17) is 5.11 Å². The number of carbonyl (C=O) groups excluding carboxylic acids is 1. The van der Waals surface area contributed by atoms with Crippen LogP contribution in [0.2, 0.25) is 0 Å². The summed E-state index contributed by atoms with van der Waals surface area (Å²) in [4.78, 5) is 20.8. The van der Waals surface area contributed by atoms with E-state index in [9.17, 15) is 9.59 Å². The second-order valence-corrected chi connectivity index (χ2v) is 2.31. The van der Waals surface area contributed by atoms with Gasteiger partial charge in [-0.15, -0.1) is 0 Å². The van der Waals surface area contributed by atoms with Gasteiger partial charge in [-0.25, -0.2) is 0 Å². The molecule has 1 aliphatic carbocycles. The minimum absolute atomic E-state index is 0.387. The number of hydrogen-bond acceptors (Lipinski definition) is 3. The Hall–Kier alpha value is -1.06. The molecule has 2 atom stereocenters. The van der Waals surface area contributed by atoms with Crippen LogP contribution in [0.1, 0.15) is 6.42 Å². The van der Waals surface area contributed by atoms with Crippen molar-refractivity contribution in [3.63, 3.8) is 0 Å². The first-order valence-corrected chi connectivity index (χ1v) is 2.97. The summed E-state index contributed by atoms with van der Waals surface area (Å²) in [6.07, 6.45) is 0.433. The predicted octanol–water partition coefficient (Wildman–Crippen LogP) is -0.120. The van der Waals surface area contributed by atoms with E-state index in [-0.39, 0.29) is 5.92 Å². The quantitative estimate of drug-likeness (QED) is 0.549. The number of carboxylic acids is 1. The van der Waals surface area contributed by atoms with E-state index in [1.165, 1.54) is 7.11 Å². The topological polar surface area (TPSA) is 63.6 Å². The minimum atomic E-state index is -0.907. The fourth-order valence-electron chi connectivity index (χ4n) is 0.880. The molecule has 0 heterocycles. The molecule has 0 aromatic heterocycles. The zero-order chi connectivity index (χ0) is 7.72. The fraction of sp³-hybridized carbons (Fsp3) is 0.667. The molecule has 4 nitrogen and oxygen atoms in total. The molecular formula is C6H8O4. The summed E-state index contributed by atoms with van der Waals surface area (Å²) < 4.78 is 4.35. The summed E-state index contributed by atoms with van der Waals surface area (Å²) in [6, 6.07) is 0. The standard InChI is InChI=1S/C6H8O4/c1-10-6(9)4-2-3(4)5(7)8/h3-4H,2H2,1H3,(H,7,8)/t3-,4-/m1/s1. The highest BCUT2D eigenvalue weighted by atomic mass is 16.5. The second kappa shape index (κ2) is 2.28. The smallest absolute Gasteiger partial charge is 0.309 e. The summed E-state index contributed by atoms with van der Waals surface area (Å²) in [5.74, 6) is -2.20. The molecule has 0 bridgehead atoms. The Morgan fingerprint density at radius 3 is 2.40 bits per heavy atom. The summed E-state index contributed by atoms with van der Waals surface area (Å²) in [6.45, 7) is 0. The highest BCUT2D eigenvalue weighted by molar-refractivity contribution is 5.86. The van der Waals surface area contributed by atoms with Gasteiger partial charge < -0.3 is 9.84 Å². The summed E-state index contributed by atoms with van der Waals surface area (Å²) in [5.41, 5.74) is 0. The molecule has 0 aliphatic heterocycles. The molecule has 1 N–H and O–H groups in total. The van der Waals surface area contributed by atoms with E-state index in [2.05, 4.69) is 4.74 Å². The monoisotopic (exact) mass is 144 g/mol. The number of methoxy groups -OCH3 is 1. The van der Waals surface area contributed by atoms with Crippen LogP contribution >= 0.6 is 0 Å². The Bertz CT molecular complexity index is 175. The molecule has 4 heteroatoms. The van der Waals surface area contributed by atoms with Gasteiger partial charge in [0, 0.05) is 0 Å². The average molecular weight is 144 g/mol. The number of esters is 1. The lowest BCUT2D eigenvalue weighted by Crippen LogP contribution is -2.08. The maximum atomic E-state index is 10.6. The molecule has 0 unspecified atom stereocenters. The van der Waals surface area contributed by atoms with Crippen LogP contribution in [0.25, 0.3) is 0 Å². The molecule has 0 amide bonds. The second-order valence-electron chi connectivity index (χ2n) is 2.31. The largest absolute Gasteiger partial charge is 0.481 e. The maximum absolute atomic E-state index is 10.6. The first-order valence-electron chi connectivity index (χ1n) is 2.97. The van der Waals surface area contributed by atoms with Gasteiger partial charge >= 0.3 is 11.9 Å². The van der Waals surface area contributed by atoms with Crippen molar-refractivity contribution in [3.05, 3.63) is 0 Å². The van der Waals surface area contributed by atoms with E-state index in [0.717, 1.165) is 0 Å². The fourth-order valence-corrected chi connectivity index (χ4v) is 0.880. The van der Waals surface area contributed by atoms with Crippen LogP contribution in [-0.2, 0) is 14.3 Å². The number of aliphatic carboxylic acids is 1. The van der Waals surface area contributed by atoms with Crippen molar-refractivity contribution in [3.8, 4) is 0 Å². The SMILES string of the molecule is COC(=O)[C@@H]1C[C@H]1C(=O)O. The Morgan fingerprint density at radius 2 is 2.10 bits per heavy atom. The molecule has 1 aliphatic rings. The molecule has 0 aromatic rings. The van der Waals surface area contributed by atoms with E-state index in [0.29, 0.717) is 6.42 Å². The van der Waals surface area contributed by atoms with Crippen LogP contribution in [-0.4, -0.2) is 24.2 Å². The molecule has 0 saturated heterocycles. The molecule has 0 aromatic carbocycles. The van der Waals surface area contributed by atoms with Crippen LogP contribution in [0, 0.1) is 11.8 Å². The third-order valence-electron chi connectivity index (χ3n) is 1.61. The van der Waals surface area contributed by atoms with E-state index in [1.807, 2.05) is 0 Å². The van der Waals surface area contributed by atoms with Gasteiger partial charge in [0.25, 0.3) is 0 Å². The van der Waals surface area contributed by atoms with Gasteiger partial charge in [0.15, 0.2) is 0 Å². The Kier molecular flexibility index (Phi) is 1.61.